The van der Waals surface area contributed by atoms with Gasteiger partial charge in [0, 0.05) is 12.5 Å². The normalized spacial score (nSPS) is 14.2. The fourth-order valence-corrected chi connectivity index (χ4v) is 4.31. The second-order valence-corrected chi connectivity index (χ2v) is 9.27. The predicted octanol–water partition coefficient (Wildman–Crippen LogP) is 4.66. The minimum absolute atomic E-state index is 0.0616. The molecular weight excluding hydrogens is 431 g/mol. The van der Waals surface area contributed by atoms with Gasteiger partial charge in [-0.05, 0) is 49.1 Å². The lowest BCUT2D eigenvalue weighted by molar-refractivity contribution is -0.116. The number of amides is 1. The molecule has 0 aliphatic heterocycles. The lowest BCUT2D eigenvalue weighted by Gasteiger charge is -2.09. The maximum atomic E-state index is 12.1. The zero-order valence-corrected chi connectivity index (χ0v) is 17.2. The number of nitrogens with one attached hydrogen (secondary N) is 2. The molecule has 1 aliphatic carbocycles. The first-order valence-electron chi connectivity index (χ1n) is 8.30. The number of halogens is 3. The number of rotatable bonds is 7. The van der Waals surface area contributed by atoms with Gasteiger partial charge in [0.2, 0.25) is 15.9 Å². The van der Waals surface area contributed by atoms with Crippen molar-refractivity contribution in [2.75, 3.05) is 5.32 Å². The zero-order valence-electron chi connectivity index (χ0n) is 14.1. The Morgan fingerprint density at radius 2 is 1.63 bits per heavy atom. The van der Waals surface area contributed by atoms with E-state index in [4.69, 9.17) is 34.8 Å². The largest absolute Gasteiger partial charge is 0.325 e. The van der Waals surface area contributed by atoms with Crippen LogP contribution in [0.4, 0.5) is 5.69 Å². The molecule has 9 heteroatoms. The number of anilines is 1. The van der Waals surface area contributed by atoms with Gasteiger partial charge in [-0.25, -0.2) is 13.1 Å². The average molecular weight is 448 g/mol. The van der Waals surface area contributed by atoms with Crippen molar-refractivity contribution in [3.63, 3.8) is 0 Å². The highest BCUT2D eigenvalue weighted by Gasteiger charge is 2.27. The van der Waals surface area contributed by atoms with Crippen LogP contribution in [0.3, 0.4) is 0 Å². The van der Waals surface area contributed by atoms with Gasteiger partial charge in [0.05, 0.1) is 25.7 Å². The summed E-state index contributed by atoms with van der Waals surface area (Å²) in [4.78, 5) is 12.4. The second-order valence-electron chi connectivity index (χ2n) is 6.33. The van der Waals surface area contributed by atoms with Gasteiger partial charge >= 0.3 is 0 Å². The van der Waals surface area contributed by atoms with Crippen LogP contribution in [0.1, 0.15) is 24.8 Å². The first kappa shape index (κ1) is 20.4. The molecule has 0 aromatic heterocycles. The molecule has 1 saturated carbocycles. The highest BCUT2D eigenvalue weighted by molar-refractivity contribution is 7.89. The third kappa shape index (κ3) is 5.59. The monoisotopic (exact) mass is 446 g/mol. The van der Waals surface area contributed by atoms with Crippen LogP contribution in [0.2, 0.25) is 15.1 Å². The number of benzene rings is 2. The van der Waals surface area contributed by atoms with E-state index in [9.17, 15) is 13.2 Å². The number of carbonyl (C=O) groups excluding carboxylic acids is 1. The van der Waals surface area contributed by atoms with E-state index in [1.165, 1.54) is 12.1 Å². The van der Waals surface area contributed by atoms with Gasteiger partial charge in [-0.15, -0.1) is 0 Å². The molecule has 0 saturated heterocycles. The fraction of sp³-hybridized carbons (Fsp3) is 0.278. The lowest BCUT2D eigenvalue weighted by atomic mass is 10.1. The van der Waals surface area contributed by atoms with Crippen LogP contribution in [-0.2, 0) is 21.2 Å². The van der Waals surface area contributed by atoms with E-state index in [1.807, 2.05) is 0 Å². The summed E-state index contributed by atoms with van der Waals surface area (Å²) in [6.07, 6.45) is 2.44. The summed E-state index contributed by atoms with van der Waals surface area (Å²) in [5.74, 6) is -0.234. The molecule has 2 N–H and O–H groups in total. The quantitative estimate of drug-likeness (QED) is 0.606. The molecule has 0 unspecified atom stereocenters. The van der Waals surface area contributed by atoms with Crippen LogP contribution in [0.15, 0.2) is 41.3 Å². The molecule has 0 radical (unpaired) electrons. The zero-order chi connectivity index (χ0) is 19.6. The Morgan fingerprint density at radius 3 is 2.26 bits per heavy atom. The SMILES string of the molecule is O=C(CCc1ccc(S(=O)(=O)NC2CC2)cc1)Nc1cc(Cl)c(Cl)cc1Cl. The summed E-state index contributed by atoms with van der Waals surface area (Å²) < 4.78 is 26.9. The Kier molecular flexibility index (Phi) is 6.33. The lowest BCUT2D eigenvalue weighted by Crippen LogP contribution is -2.25. The second kappa shape index (κ2) is 8.37. The summed E-state index contributed by atoms with van der Waals surface area (Å²) >= 11 is 17.8. The Balaban J connectivity index is 1.56. The maximum Gasteiger partial charge on any atom is 0.240 e. The number of aryl methyl sites for hydroxylation is 1. The molecule has 27 heavy (non-hydrogen) atoms. The molecule has 1 aliphatic rings. The van der Waals surface area contributed by atoms with Gasteiger partial charge in [-0.1, -0.05) is 46.9 Å². The fourth-order valence-electron chi connectivity index (χ4n) is 2.41. The van der Waals surface area contributed by atoms with E-state index in [2.05, 4.69) is 10.0 Å². The number of carbonyl (C=O) groups is 1. The summed E-state index contributed by atoms with van der Waals surface area (Å²) in [5.41, 5.74) is 1.25. The maximum absolute atomic E-state index is 12.1. The van der Waals surface area contributed by atoms with Crippen LogP contribution >= 0.6 is 34.8 Å². The Labute approximate surface area is 173 Å². The molecule has 2 aromatic rings. The van der Waals surface area contributed by atoms with Crippen LogP contribution in [-0.4, -0.2) is 20.4 Å². The molecule has 0 spiro atoms. The van der Waals surface area contributed by atoms with Gasteiger partial charge < -0.3 is 5.32 Å². The van der Waals surface area contributed by atoms with Gasteiger partial charge in [0.15, 0.2) is 0 Å². The number of hydrogen-bond donors (Lipinski definition) is 2. The van der Waals surface area contributed by atoms with E-state index in [-0.39, 0.29) is 23.3 Å². The van der Waals surface area contributed by atoms with Crippen LogP contribution in [0.5, 0.6) is 0 Å². The number of sulfonamides is 1. The van der Waals surface area contributed by atoms with Crippen molar-refractivity contribution >= 4 is 56.4 Å². The van der Waals surface area contributed by atoms with Crippen molar-refractivity contribution in [1.82, 2.24) is 4.72 Å². The number of hydrogen-bond acceptors (Lipinski definition) is 3. The Bertz CT molecular complexity index is 959. The van der Waals surface area contributed by atoms with Gasteiger partial charge in [-0.2, -0.15) is 0 Å². The van der Waals surface area contributed by atoms with Crippen molar-refractivity contribution in [1.29, 1.82) is 0 Å². The van der Waals surface area contributed by atoms with Gasteiger partial charge in [0.25, 0.3) is 0 Å². The predicted molar refractivity (Wildman–Crippen MR) is 108 cm³/mol. The standard InChI is InChI=1S/C18H17Cl3N2O3S/c19-14-9-16(21)17(10-15(14)20)22-18(24)8-3-11-1-6-13(7-2-11)27(25,26)23-12-4-5-12/h1-2,6-7,9-10,12,23H,3-5,8H2,(H,22,24). The molecule has 144 valence electrons. The smallest absolute Gasteiger partial charge is 0.240 e. The van der Waals surface area contributed by atoms with E-state index in [0.29, 0.717) is 27.2 Å². The van der Waals surface area contributed by atoms with Crippen molar-refractivity contribution in [3.05, 3.63) is 57.0 Å². The summed E-state index contributed by atoms with van der Waals surface area (Å²) in [6.45, 7) is 0. The van der Waals surface area contributed by atoms with E-state index < -0.39 is 10.0 Å². The summed E-state index contributed by atoms with van der Waals surface area (Å²) in [6, 6.07) is 9.54. The van der Waals surface area contributed by atoms with E-state index in [1.54, 1.807) is 24.3 Å². The average Bonchev–Trinajstić information content (AvgIpc) is 3.41. The molecular formula is C18H17Cl3N2O3S. The molecule has 2 aromatic carbocycles. The molecule has 3 rings (SSSR count). The van der Waals surface area contributed by atoms with Gasteiger partial charge in [0.1, 0.15) is 0 Å². The van der Waals surface area contributed by atoms with Crippen LogP contribution < -0.4 is 10.0 Å². The minimum Gasteiger partial charge on any atom is -0.325 e. The Hall–Kier alpha value is -1.31. The molecule has 0 atom stereocenters. The molecule has 5 nitrogen and oxygen atoms in total. The summed E-state index contributed by atoms with van der Waals surface area (Å²) in [5, 5.41) is 3.60. The third-order valence-electron chi connectivity index (χ3n) is 4.06. The minimum atomic E-state index is -3.47. The topological polar surface area (TPSA) is 75.3 Å². The van der Waals surface area contributed by atoms with Crippen molar-refractivity contribution in [2.24, 2.45) is 0 Å². The van der Waals surface area contributed by atoms with E-state index in [0.717, 1.165) is 18.4 Å². The molecule has 0 heterocycles. The molecule has 1 amide bonds. The van der Waals surface area contributed by atoms with Crippen LogP contribution in [0, 0.1) is 0 Å². The Morgan fingerprint density at radius 1 is 1.00 bits per heavy atom. The van der Waals surface area contributed by atoms with Crippen molar-refractivity contribution in [3.8, 4) is 0 Å². The van der Waals surface area contributed by atoms with Crippen molar-refractivity contribution in [2.45, 2.75) is 36.6 Å². The third-order valence-corrected chi connectivity index (χ3v) is 6.63. The van der Waals surface area contributed by atoms with Crippen LogP contribution in [0.25, 0.3) is 0 Å². The van der Waals surface area contributed by atoms with Crippen molar-refractivity contribution < 1.29 is 13.2 Å². The van der Waals surface area contributed by atoms with Gasteiger partial charge in [-0.3, -0.25) is 4.79 Å². The first-order chi connectivity index (χ1) is 12.7. The molecule has 0 bridgehead atoms. The summed E-state index contributed by atoms with van der Waals surface area (Å²) in [7, 11) is -3.47. The highest BCUT2D eigenvalue weighted by Crippen LogP contribution is 2.32. The molecule has 1 fully saturated rings. The highest BCUT2D eigenvalue weighted by atomic mass is 35.5. The van der Waals surface area contributed by atoms with E-state index >= 15 is 0 Å². The first-order valence-corrected chi connectivity index (χ1v) is 10.9.